The van der Waals surface area contributed by atoms with Gasteiger partial charge in [-0.05, 0) is 30.4 Å². The number of hydrogen-bond acceptors (Lipinski definition) is 6. The molecule has 0 radical (unpaired) electrons. The molecule has 1 saturated carbocycles. The summed E-state index contributed by atoms with van der Waals surface area (Å²) in [5.74, 6) is 0.884. The van der Waals surface area contributed by atoms with E-state index in [0.717, 1.165) is 32.4 Å². The van der Waals surface area contributed by atoms with Gasteiger partial charge in [0.05, 0.1) is 4.92 Å². The van der Waals surface area contributed by atoms with Crippen LogP contribution in [0.4, 0.5) is 17.5 Å². The number of benzene rings is 1. The summed E-state index contributed by atoms with van der Waals surface area (Å²) < 4.78 is 0. The summed E-state index contributed by atoms with van der Waals surface area (Å²) in [6.45, 7) is 1.55. The first kappa shape index (κ1) is 13.9. The first-order valence-electron chi connectivity index (χ1n) is 7.80. The minimum Gasteiger partial charge on any atom is -0.361 e. The van der Waals surface area contributed by atoms with Gasteiger partial charge in [0, 0.05) is 19.1 Å². The van der Waals surface area contributed by atoms with Gasteiger partial charge in [0.15, 0.2) is 0 Å². The molecular formula is C16H17N5O2. The normalized spacial score (nSPS) is 16.8. The van der Waals surface area contributed by atoms with Gasteiger partial charge >= 0.3 is 5.69 Å². The summed E-state index contributed by atoms with van der Waals surface area (Å²) in [5.41, 5.74) is 2.55. The third-order valence-corrected chi connectivity index (χ3v) is 4.29. The number of hydrogen-bond donors (Lipinski definition) is 1. The van der Waals surface area contributed by atoms with E-state index in [0.29, 0.717) is 17.8 Å². The molecular weight excluding hydrogens is 294 g/mol. The number of nitrogens with one attached hydrogen (secondary N) is 1. The van der Waals surface area contributed by atoms with E-state index in [2.05, 4.69) is 38.4 Å². The molecule has 1 aliphatic heterocycles. The van der Waals surface area contributed by atoms with Crippen molar-refractivity contribution in [2.75, 3.05) is 16.8 Å². The molecule has 0 saturated heterocycles. The highest BCUT2D eigenvalue weighted by Gasteiger charge is 2.28. The highest BCUT2D eigenvalue weighted by Crippen LogP contribution is 2.31. The van der Waals surface area contributed by atoms with E-state index in [1.165, 1.54) is 17.3 Å². The standard InChI is InChI=1S/C16H17N5O2/c22-21(23)14-9-17-16(19-15(14)18-13-5-6-13)20-8-7-11-3-1-2-4-12(11)10-20/h1-4,9,13H,5-8,10H2,(H,17,18,19). The predicted molar refractivity (Wildman–Crippen MR) is 86.5 cm³/mol. The fourth-order valence-corrected chi connectivity index (χ4v) is 2.85. The molecule has 0 unspecified atom stereocenters. The molecule has 1 aromatic carbocycles. The van der Waals surface area contributed by atoms with E-state index in [1.807, 2.05) is 6.07 Å². The topological polar surface area (TPSA) is 84.2 Å². The van der Waals surface area contributed by atoms with Crippen molar-refractivity contribution in [1.29, 1.82) is 0 Å². The van der Waals surface area contributed by atoms with Crippen molar-refractivity contribution in [1.82, 2.24) is 9.97 Å². The van der Waals surface area contributed by atoms with E-state index in [-0.39, 0.29) is 5.69 Å². The van der Waals surface area contributed by atoms with Crippen molar-refractivity contribution in [3.63, 3.8) is 0 Å². The van der Waals surface area contributed by atoms with Crippen LogP contribution in [0.2, 0.25) is 0 Å². The molecule has 1 aromatic heterocycles. The Morgan fingerprint density at radius 1 is 1.26 bits per heavy atom. The highest BCUT2D eigenvalue weighted by molar-refractivity contribution is 5.58. The highest BCUT2D eigenvalue weighted by atomic mass is 16.6. The monoisotopic (exact) mass is 311 g/mol. The van der Waals surface area contributed by atoms with Crippen LogP contribution in [-0.2, 0) is 13.0 Å². The number of rotatable bonds is 4. The molecule has 4 rings (SSSR count). The first-order valence-corrected chi connectivity index (χ1v) is 7.80. The lowest BCUT2D eigenvalue weighted by atomic mass is 10.0. The molecule has 0 bridgehead atoms. The average molecular weight is 311 g/mol. The number of aromatic nitrogens is 2. The molecule has 0 atom stereocenters. The quantitative estimate of drug-likeness (QED) is 0.690. The number of anilines is 2. The van der Waals surface area contributed by atoms with Gasteiger partial charge in [-0.1, -0.05) is 24.3 Å². The van der Waals surface area contributed by atoms with Crippen molar-refractivity contribution < 1.29 is 4.92 Å². The van der Waals surface area contributed by atoms with Crippen LogP contribution in [-0.4, -0.2) is 27.5 Å². The van der Waals surface area contributed by atoms with Gasteiger partial charge in [-0.25, -0.2) is 4.98 Å². The van der Waals surface area contributed by atoms with E-state index < -0.39 is 4.92 Å². The number of nitro groups is 1. The van der Waals surface area contributed by atoms with E-state index in [4.69, 9.17) is 0 Å². The lowest BCUT2D eigenvalue weighted by Crippen LogP contribution is -2.32. The summed E-state index contributed by atoms with van der Waals surface area (Å²) in [4.78, 5) is 21.4. The third-order valence-electron chi connectivity index (χ3n) is 4.29. The molecule has 1 N–H and O–H groups in total. The fourth-order valence-electron chi connectivity index (χ4n) is 2.85. The summed E-state index contributed by atoms with van der Waals surface area (Å²) >= 11 is 0. The maximum Gasteiger partial charge on any atom is 0.329 e. The Balaban J connectivity index is 1.63. The lowest BCUT2D eigenvalue weighted by molar-refractivity contribution is -0.384. The summed E-state index contributed by atoms with van der Waals surface area (Å²) in [6.07, 6.45) is 4.32. The fraction of sp³-hybridized carbons (Fsp3) is 0.375. The van der Waals surface area contributed by atoms with Crippen LogP contribution in [0.5, 0.6) is 0 Å². The van der Waals surface area contributed by atoms with Crippen LogP contribution in [0.3, 0.4) is 0 Å². The van der Waals surface area contributed by atoms with E-state index in [1.54, 1.807) is 0 Å². The van der Waals surface area contributed by atoms with Gasteiger partial charge < -0.3 is 10.2 Å². The SMILES string of the molecule is O=[N+]([O-])c1cnc(N2CCc3ccccc3C2)nc1NC1CC1. The zero-order chi connectivity index (χ0) is 15.8. The minimum absolute atomic E-state index is 0.0574. The molecule has 118 valence electrons. The van der Waals surface area contributed by atoms with Gasteiger partial charge in [-0.15, -0.1) is 0 Å². The second kappa shape index (κ2) is 5.49. The summed E-state index contributed by atoms with van der Waals surface area (Å²) in [7, 11) is 0. The van der Waals surface area contributed by atoms with Crippen LogP contribution >= 0.6 is 0 Å². The Kier molecular flexibility index (Phi) is 3.33. The first-order chi connectivity index (χ1) is 11.2. The third kappa shape index (κ3) is 2.81. The minimum atomic E-state index is -0.431. The van der Waals surface area contributed by atoms with Crippen LogP contribution in [0.1, 0.15) is 24.0 Å². The lowest BCUT2D eigenvalue weighted by Gasteiger charge is -2.28. The second-order valence-electron chi connectivity index (χ2n) is 6.02. The Hall–Kier alpha value is -2.70. The predicted octanol–water partition coefficient (Wildman–Crippen LogP) is 2.52. The van der Waals surface area contributed by atoms with Gasteiger partial charge in [0.1, 0.15) is 6.20 Å². The van der Waals surface area contributed by atoms with Crippen LogP contribution in [0.15, 0.2) is 30.5 Å². The zero-order valence-corrected chi connectivity index (χ0v) is 12.6. The molecule has 1 aliphatic carbocycles. The van der Waals surface area contributed by atoms with Crippen LogP contribution in [0, 0.1) is 10.1 Å². The largest absolute Gasteiger partial charge is 0.361 e. The van der Waals surface area contributed by atoms with Gasteiger partial charge in [0.25, 0.3) is 0 Å². The molecule has 23 heavy (non-hydrogen) atoms. The molecule has 2 aromatic rings. The van der Waals surface area contributed by atoms with Crippen molar-refractivity contribution in [2.45, 2.75) is 31.8 Å². The van der Waals surface area contributed by atoms with Gasteiger partial charge in [-0.2, -0.15) is 4.98 Å². The van der Waals surface area contributed by atoms with Gasteiger partial charge in [-0.3, -0.25) is 10.1 Å². The molecule has 0 amide bonds. The summed E-state index contributed by atoms with van der Waals surface area (Å²) in [6, 6.07) is 8.63. The van der Waals surface area contributed by atoms with Crippen molar-refractivity contribution in [3.05, 3.63) is 51.7 Å². The Bertz CT molecular complexity index is 760. The maximum absolute atomic E-state index is 11.1. The molecule has 7 heteroatoms. The number of fused-ring (bicyclic) bond motifs is 1. The molecule has 2 heterocycles. The Labute approximate surface area is 133 Å². The average Bonchev–Trinajstić information content (AvgIpc) is 3.38. The van der Waals surface area contributed by atoms with Crippen molar-refractivity contribution >= 4 is 17.5 Å². The summed E-state index contributed by atoms with van der Waals surface area (Å²) in [5, 5.41) is 14.3. The Morgan fingerprint density at radius 3 is 2.78 bits per heavy atom. The van der Waals surface area contributed by atoms with Crippen LogP contribution in [0.25, 0.3) is 0 Å². The van der Waals surface area contributed by atoms with E-state index in [9.17, 15) is 10.1 Å². The van der Waals surface area contributed by atoms with Crippen molar-refractivity contribution in [3.8, 4) is 0 Å². The van der Waals surface area contributed by atoms with Crippen molar-refractivity contribution in [2.24, 2.45) is 0 Å². The smallest absolute Gasteiger partial charge is 0.329 e. The molecule has 0 spiro atoms. The molecule has 7 nitrogen and oxygen atoms in total. The number of nitrogens with zero attached hydrogens (tertiary/aromatic N) is 4. The zero-order valence-electron chi connectivity index (χ0n) is 12.6. The Morgan fingerprint density at radius 2 is 2.04 bits per heavy atom. The van der Waals surface area contributed by atoms with Crippen LogP contribution < -0.4 is 10.2 Å². The molecule has 1 fully saturated rings. The second-order valence-corrected chi connectivity index (χ2v) is 6.02. The molecule has 2 aliphatic rings. The van der Waals surface area contributed by atoms with Gasteiger partial charge in [0.2, 0.25) is 11.8 Å². The van der Waals surface area contributed by atoms with E-state index >= 15 is 0 Å². The maximum atomic E-state index is 11.1.